The third-order valence-corrected chi connectivity index (χ3v) is 5.45. The van der Waals surface area contributed by atoms with Crippen molar-refractivity contribution in [3.8, 4) is 0 Å². The fourth-order valence-corrected chi connectivity index (χ4v) is 3.96. The van der Waals surface area contributed by atoms with E-state index in [1.165, 1.54) is 4.88 Å². The Morgan fingerprint density at radius 3 is 2.71 bits per heavy atom. The number of benzene rings is 1. The number of carbonyl (C=O) groups excluding carboxylic acids is 1. The number of hydrogen-bond acceptors (Lipinski definition) is 3. The van der Waals surface area contributed by atoms with Crippen LogP contribution in [0.1, 0.15) is 32.7 Å². The second-order valence-electron chi connectivity index (χ2n) is 5.59. The Hall–Kier alpha value is -1.92. The summed E-state index contributed by atoms with van der Waals surface area (Å²) < 4.78 is 2.78. The van der Waals surface area contributed by atoms with Gasteiger partial charge in [0.15, 0.2) is 0 Å². The van der Waals surface area contributed by atoms with Gasteiger partial charge in [0.1, 0.15) is 6.04 Å². The van der Waals surface area contributed by atoms with E-state index in [-0.39, 0.29) is 11.9 Å². The van der Waals surface area contributed by atoms with Crippen molar-refractivity contribution in [2.24, 2.45) is 0 Å². The minimum atomic E-state index is -0.0921. The minimum Gasteiger partial charge on any atom is -0.349 e. The predicted molar refractivity (Wildman–Crippen MR) is 101 cm³/mol. The Morgan fingerprint density at radius 1 is 1.29 bits per heavy atom. The monoisotopic (exact) mass is 403 g/mol. The highest BCUT2D eigenvalue weighted by Gasteiger charge is 2.20. The van der Waals surface area contributed by atoms with Crippen molar-refractivity contribution in [2.45, 2.75) is 19.9 Å². The number of halogens is 1. The van der Waals surface area contributed by atoms with Crippen LogP contribution < -0.4 is 5.32 Å². The summed E-state index contributed by atoms with van der Waals surface area (Å²) in [4.78, 5) is 13.7. The Bertz CT molecular complexity index is 842. The first-order valence-corrected chi connectivity index (χ1v) is 9.32. The summed E-state index contributed by atoms with van der Waals surface area (Å²) in [6, 6.07) is 13.6. The molecule has 2 heterocycles. The third kappa shape index (κ3) is 3.60. The van der Waals surface area contributed by atoms with E-state index in [4.69, 9.17) is 0 Å². The molecular weight excluding hydrogens is 386 g/mol. The first-order chi connectivity index (χ1) is 11.6. The molecule has 0 aliphatic carbocycles. The molecule has 0 saturated heterocycles. The number of carbonyl (C=O) groups is 1. The normalized spacial score (nSPS) is 12.1. The van der Waals surface area contributed by atoms with E-state index in [2.05, 4.69) is 38.5 Å². The molecule has 124 valence electrons. The molecule has 24 heavy (non-hydrogen) atoms. The van der Waals surface area contributed by atoms with Gasteiger partial charge in [-0.3, -0.25) is 9.48 Å². The number of aryl methyl sites for hydroxylation is 2. The van der Waals surface area contributed by atoms with Gasteiger partial charge in [-0.05, 0) is 59.4 Å². The van der Waals surface area contributed by atoms with Crippen LogP contribution in [0.25, 0.3) is 0 Å². The van der Waals surface area contributed by atoms with Gasteiger partial charge in [-0.1, -0.05) is 18.2 Å². The van der Waals surface area contributed by atoms with Gasteiger partial charge in [-0.2, -0.15) is 5.10 Å². The van der Waals surface area contributed by atoms with Crippen LogP contribution in [0.2, 0.25) is 0 Å². The van der Waals surface area contributed by atoms with Crippen molar-refractivity contribution >= 4 is 33.2 Å². The minimum absolute atomic E-state index is 0.00913. The number of amides is 1. The third-order valence-electron chi connectivity index (χ3n) is 3.79. The van der Waals surface area contributed by atoms with Crippen LogP contribution in [-0.4, -0.2) is 22.2 Å². The van der Waals surface area contributed by atoms with Crippen molar-refractivity contribution in [1.29, 1.82) is 0 Å². The fraction of sp³-hybridized carbons (Fsp3) is 0.222. The number of rotatable bonds is 5. The maximum absolute atomic E-state index is 12.5. The molecule has 0 bridgehead atoms. The van der Waals surface area contributed by atoms with Crippen LogP contribution in [-0.2, 0) is 0 Å². The van der Waals surface area contributed by atoms with Crippen LogP contribution in [0.5, 0.6) is 0 Å². The average Bonchev–Trinajstić information content (AvgIpc) is 3.18. The van der Waals surface area contributed by atoms with Crippen LogP contribution >= 0.6 is 27.3 Å². The first kappa shape index (κ1) is 16.9. The quantitative estimate of drug-likeness (QED) is 0.688. The molecule has 4 nitrogen and oxygen atoms in total. The van der Waals surface area contributed by atoms with Crippen molar-refractivity contribution in [3.63, 3.8) is 0 Å². The zero-order valence-electron chi connectivity index (χ0n) is 13.5. The van der Waals surface area contributed by atoms with Gasteiger partial charge in [-0.15, -0.1) is 11.3 Å². The molecule has 0 fully saturated rings. The standard InChI is InChI=1S/C18H18BrN3OS/c1-12-10-13(2)22(21-12)16(17-8-5-9-24-17)11-20-18(23)14-6-3-4-7-15(14)19/h3-10,16H,11H2,1-2H3,(H,20,23)/t16-/m1/s1. The number of thiophene rings is 1. The second-order valence-corrected chi connectivity index (χ2v) is 7.43. The van der Waals surface area contributed by atoms with Gasteiger partial charge >= 0.3 is 0 Å². The lowest BCUT2D eigenvalue weighted by Gasteiger charge is -2.19. The average molecular weight is 404 g/mol. The zero-order chi connectivity index (χ0) is 17.1. The van der Waals surface area contributed by atoms with Crippen molar-refractivity contribution in [1.82, 2.24) is 15.1 Å². The largest absolute Gasteiger partial charge is 0.349 e. The van der Waals surface area contributed by atoms with E-state index in [1.807, 2.05) is 54.2 Å². The molecule has 0 saturated carbocycles. The molecule has 3 aromatic rings. The van der Waals surface area contributed by atoms with Crippen LogP contribution in [0, 0.1) is 13.8 Å². The van der Waals surface area contributed by atoms with Gasteiger partial charge < -0.3 is 5.32 Å². The molecule has 0 aliphatic heterocycles. The summed E-state index contributed by atoms with van der Waals surface area (Å²) >= 11 is 5.10. The van der Waals surface area contributed by atoms with E-state index in [9.17, 15) is 4.79 Å². The van der Waals surface area contributed by atoms with Crippen LogP contribution in [0.4, 0.5) is 0 Å². The molecule has 1 N–H and O–H groups in total. The first-order valence-electron chi connectivity index (χ1n) is 7.65. The maximum atomic E-state index is 12.5. The topological polar surface area (TPSA) is 46.9 Å². The predicted octanol–water partition coefficient (Wildman–Crippen LogP) is 4.34. The lowest BCUT2D eigenvalue weighted by Crippen LogP contribution is -2.32. The maximum Gasteiger partial charge on any atom is 0.252 e. The van der Waals surface area contributed by atoms with Gasteiger partial charge in [-0.25, -0.2) is 0 Å². The van der Waals surface area contributed by atoms with Gasteiger partial charge in [0.05, 0.1) is 11.3 Å². The smallest absolute Gasteiger partial charge is 0.252 e. The summed E-state index contributed by atoms with van der Waals surface area (Å²) in [7, 11) is 0. The van der Waals surface area contributed by atoms with Crippen molar-refractivity contribution in [3.05, 3.63) is 74.1 Å². The highest BCUT2D eigenvalue weighted by atomic mass is 79.9. The number of nitrogens with one attached hydrogen (secondary N) is 1. The Morgan fingerprint density at radius 2 is 2.08 bits per heavy atom. The Kier molecular flexibility index (Phi) is 5.16. The van der Waals surface area contributed by atoms with Crippen molar-refractivity contribution in [2.75, 3.05) is 6.54 Å². The van der Waals surface area contributed by atoms with Gasteiger partial charge in [0.2, 0.25) is 0 Å². The molecule has 0 unspecified atom stereocenters. The fourth-order valence-electron chi connectivity index (χ4n) is 2.68. The Balaban J connectivity index is 1.82. The Labute approximate surface area is 153 Å². The van der Waals surface area contributed by atoms with E-state index >= 15 is 0 Å². The highest BCUT2D eigenvalue weighted by molar-refractivity contribution is 9.10. The molecule has 1 aromatic carbocycles. The molecule has 2 aromatic heterocycles. The molecule has 0 radical (unpaired) electrons. The van der Waals surface area contributed by atoms with E-state index in [0.717, 1.165) is 15.9 Å². The van der Waals surface area contributed by atoms with Gasteiger partial charge in [0, 0.05) is 21.6 Å². The molecule has 0 aliphatic rings. The summed E-state index contributed by atoms with van der Waals surface area (Å²) in [6.45, 7) is 4.51. The molecule has 1 atom stereocenters. The molecule has 3 rings (SSSR count). The molecule has 1 amide bonds. The van der Waals surface area contributed by atoms with Gasteiger partial charge in [0.25, 0.3) is 5.91 Å². The SMILES string of the molecule is Cc1cc(C)n([C@H](CNC(=O)c2ccccc2Br)c2cccs2)n1. The molecular formula is C18H18BrN3OS. The lowest BCUT2D eigenvalue weighted by molar-refractivity contribution is 0.0948. The number of aromatic nitrogens is 2. The summed E-state index contributed by atoms with van der Waals surface area (Å²) in [5, 5.41) is 9.68. The number of nitrogens with zero attached hydrogens (tertiary/aromatic N) is 2. The second kappa shape index (κ2) is 7.32. The number of hydrogen-bond donors (Lipinski definition) is 1. The zero-order valence-corrected chi connectivity index (χ0v) is 15.9. The van der Waals surface area contributed by atoms with E-state index < -0.39 is 0 Å². The van der Waals surface area contributed by atoms with Crippen molar-refractivity contribution < 1.29 is 4.79 Å². The van der Waals surface area contributed by atoms with E-state index in [1.54, 1.807) is 11.3 Å². The molecule has 6 heteroatoms. The summed E-state index contributed by atoms with van der Waals surface area (Å²) in [6.07, 6.45) is 0. The highest BCUT2D eigenvalue weighted by Crippen LogP contribution is 2.24. The molecule has 0 spiro atoms. The summed E-state index contributed by atoms with van der Waals surface area (Å²) in [5.41, 5.74) is 2.70. The van der Waals surface area contributed by atoms with E-state index in [0.29, 0.717) is 12.1 Å². The lowest BCUT2D eigenvalue weighted by atomic mass is 10.2. The summed E-state index contributed by atoms with van der Waals surface area (Å²) in [5.74, 6) is -0.0921. The van der Waals surface area contributed by atoms with Crippen LogP contribution in [0.15, 0.2) is 52.3 Å². The van der Waals surface area contributed by atoms with Crippen LogP contribution in [0.3, 0.4) is 0 Å².